The molecule has 0 fully saturated rings. The lowest BCUT2D eigenvalue weighted by atomic mass is 10.3. The van der Waals surface area contributed by atoms with Gasteiger partial charge in [-0.3, -0.25) is 0 Å². The van der Waals surface area contributed by atoms with Crippen LogP contribution < -0.4 is 10.1 Å². The summed E-state index contributed by atoms with van der Waals surface area (Å²) in [5.41, 5.74) is 0. The fourth-order valence-electron chi connectivity index (χ4n) is 1.41. The van der Waals surface area contributed by atoms with Crippen LogP contribution in [0.25, 0.3) is 0 Å². The third-order valence-electron chi connectivity index (χ3n) is 2.23. The van der Waals surface area contributed by atoms with E-state index in [9.17, 15) is 13.2 Å². The van der Waals surface area contributed by atoms with E-state index in [2.05, 4.69) is 15.4 Å². The number of aromatic nitrogens is 3. The highest BCUT2D eigenvalue weighted by Gasteiger charge is 2.31. The fraction of sp³-hybridized carbons (Fsp3) is 0.273. The Hall–Kier alpha value is -1.96. The molecule has 0 saturated heterocycles. The first-order valence-electron chi connectivity index (χ1n) is 5.51. The van der Waals surface area contributed by atoms with Gasteiger partial charge in [-0.05, 0) is 12.1 Å². The Morgan fingerprint density at radius 2 is 2.05 bits per heavy atom. The van der Waals surface area contributed by atoms with Gasteiger partial charge in [0.05, 0.1) is 5.02 Å². The van der Waals surface area contributed by atoms with Crippen molar-refractivity contribution in [1.29, 1.82) is 0 Å². The Balaban J connectivity index is 2.31. The number of nitrogens with one attached hydrogen (secondary N) is 1. The summed E-state index contributed by atoms with van der Waals surface area (Å²) in [5, 5.41) is 6.46. The standard InChI is InChI=1S/C11H10ClF3N4O/c1-16-9-17-10(19(18-9)6-11(13,14)15)20-8-5-3-2-4-7(8)12/h2-5H,6H2,1H3,(H,16,18). The summed E-state index contributed by atoms with van der Waals surface area (Å²) in [4.78, 5) is 3.81. The number of alkyl halides is 3. The first-order valence-corrected chi connectivity index (χ1v) is 5.88. The van der Waals surface area contributed by atoms with Crippen molar-refractivity contribution in [3.05, 3.63) is 29.3 Å². The molecule has 2 aromatic rings. The summed E-state index contributed by atoms with van der Waals surface area (Å²) in [7, 11) is 1.49. The van der Waals surface area contributed by atoms with Crippen molar-refractivity contribution in [2.45, 2.75) is 12.7 Å². The predicted octanol–water partition coefficient (Wildman–Crippen LogP) is 3.33. The minimum absolute atomic E-state index is 0.0244. The summed E-state index contributed by atoms with van der Waals surface area (Å²) in [6, 6.07) is 6.10. The highest BCUT2D eigenvalue weighted by molar-refractivity contribution is 6.32. The summed E-state index contributed by atoms with van der Waals surface area (Å²) in [6.07, 6.45) is -4.43. The number of ether oxygens (including phenoxy) is 1. The van der Waals surface area contributed by atoms with Gasteiger partial charge in [-0.1, -0.05) is 23.7 Å². The van der Waals surface area contributed by atoms with Crippen LogP contribution in [0, 0.1) is 0 Å². The maximum atomic E-state index is 12.5. The molecule has 0 atom stereocenters. The zero-order valence-corrected chi connectivity index (χ0v) is 11.0. The third-order valence-corrected chi connectivity index (χ3v) is 2.54. The summed E-state index contributed by atoms with van der Waals surface area (Å²) in [6.45, 7) is -1.30. The Bertz CT molecular complexity index is 600. The topological polar surface area (TPSA) is 52.0 Å². The van der Waals surface area contributed by atoms with Crippen molar-refractivity contribution in [1.82, 2.24) is 14.8 Å². The number of rotatable bonds is 4. The van der Waals surface area contributed by atoms with E-state index >= 15 is 0 Å². The molecule has 2 rings (SSSR count). The Labute approximate surface area is 117 Å². The molecular weight excluding hydrogens is 297 g/mol. The minimum atomic E-state index is -4.43. The van der Waals surface area contributed by atoms with Gasteiger partial charge in [-0.2, -0.15) is 18.2 Å². The molecule has 0 aliphatic rings. The molecule has 108 valence electrons. The molecule has 0 aliphatic carbocycles. The van der Waals surface area contributed by atoms with Crippen molar-refractivity contribution in [2.24, 2.45) is 0 Å². The Morgan fingerprint density at radius 1 is 1.35 bits per heavy atom. The quantitative estimate of drug-likeness (QED) is 0.941. The van der Waals surface area contributed by atoms with Crippen molar-refractivity contribution in [3.63, 3.8) is 0 Å². The second kappa shape index (κ2) is 5.58. The van der Waals surface area contributed by atoms with E-state index in [0.29, 0.717) is 4.68 Å². The number of hydrogen-bond acceptors (Lipinski definition) is 4. The van der Waals surface area contributed by atoms with Gasteiger partial charge >= 0.3 is 12.2 Å². The molecule has 0 bridgehead atoms. The van der Waals surface area contributed by atoms with E-state index in [4.69, 9.17) is 16.3 Å². The molecule has 1 aromatic carbocycles. The van der Waals surface area contributed by atoms with E-state index in [0.717, 1.165) is 0 Å². The maximum Gasteiger partial charge on any atom is 0.408 e. The van der Waals surface area contributed by atoms with Gasteiger partial charge in [0.25, 0.3) is 0 Å². The van der Waals surface area contributed by atoms with Crippen LogP contribution in [0.1, 0.15) is 0 Å². The molecule has 0 radical (unpaired) electrons. The van der Waals surface area contributed by atoms with Crippen molar-refractivity contribution in [3.8, 4) is 11.8 Å². The van der Waals surface area contributed by atoms with E-state index in [-0.39, 0.29) is 22.7 Å². The van der Waals surface area contributed by atoms with E-state index in [1.807, 2.05) is 0 Å². The molecule has 1 heterocycles. The molecular formula is C11H10ClF3N4O. The van der Waals surface area contributed by atoms with Gasteiger partial charge in [0, 0.05) is 7.05 Å². The first-order chi connectivity index (χ1) is 9.39. The lowest BCUT2D eigenvalue weighted by molar-refractivity contribution is -0.143. The lowest BCUT2D eigenvalue weighted by Gasteiger charge is -2.09. The average molecular weight is 307 g/mol. The molecule has 1 aromatic heterocycles. The van der Waals surface area contributed by atoms with Gasteiger partial charge in [-0.15, -0.1) is 5.10 Å². The summed E-state index contributed by atoms with van der Waals surface area (Å²) < 4.78 is 43.3. The highest BCUT2D eigenvalue weighted by atomic mass is 35.5. The zero-order chi connectivity index (χ0) is 14.8. The third kappa shape index (κ3) is 3.53. The van der Waals surface area contributed by atoms with Gasteiger partial charge in [0.15, 0.2) is 0 Å². The van der Waals surface area contributed by atoms with Crippen LogP contribution in [0.5, 0.6) is 11.8 Å². The second-order valence-corrected chi connectivity index (χ2v) is 4.18. The number of benzene rings is 1. The van der Waals surface area contributed by atoms with Gasteiger partial charge in [0.2, 0.25) is 5.95 Å². The molecule has 0 aliphatic heterocycles. The number of anilines is 1. The monoisotopic (exact) mass is 306 g/mol. The second-order valence-electron chi connectivity index (χ2n) is 3.77. The van der Waals surface area contributed by atoms with Gasteiger partial charge in [-0.25, -0.2) is 4.68 Å². The molecule has 20 heavy (non-hydrogen) atoms. The molecule has 0 saturated carbocycles. The largest absolute Gasteiger partial charge is 0.423 e. The number of hydrogen-bond donors (Lipinski definition) is 1. The number of para-hydroxylation sites is 1. The van der Waals surface area contributed by atoms with Crippen LogP contribution in [-0.2, 0) is 6.54 Å². The van der Waals surface area contributed by atoms with Crippen molar-refractivity contribution in [2.75, 3.05) is 12.4 Å². The van der Waals surface area contributed by atoms with Gasteiger partial charge in [0.1, 0.15) is 12.3 Å². The predicted molar refractivity (Wildman–Crippen MR) is 67.1 cm³/mol. The first kappa shape index (κ1) is 14.4. The van der Waals surface area contributed by atoms with E-state index in [1.54, 1.807) is 18.2 Å². The Kier molecular flexibility index (Phi) is 4.03. The summed E-state index contributed by atoms with van der Waals surface area (Å²) in [5.74, 6) is 0.226. The maximum absolute atomic E-state index is 12.5. The smallest absolute Gasteiger partial charge is 0.408 e. The molecule has 1 N–H and O–H groups in total. The van der Waals surface area contributed by atoms with Crippen LogP contribution in [0.3, 0.4) is 0 Å². The van der Waals surface area contributed by atoms with Crippen LogP contribution >= 0.6 is 11.6 Å². The zero-order valence-electron chi connectivity index (χ0n) is 10.3. The molecule has 9 heteroatoms. The molecule has 0 amide bonds. The van der Waals surface area contributed by atoms with Crippen molar-refractivity contribution < 1.29 is 17.9 Å². The number of halogens is 4. The van der Waals surface area contributed by atoms with Crippen LogP contribution in [-0.4, -0.2) is 28.0 Å². The fourth-order valence-corrected chi connectivity index (χ4v) is 1.58. The number of nitrogens with zero attached hydrogens (tertiary/aromatic N) is 3. The van der Waals surface area contributed by atoms with E-state index in [1.165, 1.54) is 13.1 Å². The Morgan fingerprint density at radius 3 is 2.65 bits per heavy atom. The summed E-state index contributed by atoms with van der Waals surface area (Å²) >= 11 is 5.88. The minimum Gasteiger partial charge on any atom is -0.423 e. The van der Waals surface area contributed by atoms with Crippen molar-refractivity contribution >= 4 is 17.5 Å². The lowest BCUT2D eigenvalue weighted by Crippen LogP contribution is -2.19. The highest BCUT2D eigenvalue weighted by Crippen LogP contribution is 2.29. The normalized spacial score (nSPS) is 11.4. The van der Waals surface area contributed by atoms with Crippen LogP contribution in [0.2, 0.25) is 5.02 Å². The average Bonchev–Trinajstić information content (AvgIpc) is 2.72. The molecule has 0 spiro atoms. The molecule has 0 unspecified atom stereocenters. The molecule has 5 nitrogen and oxygen atoms in total. The van der Waals surface area contributed by atoms with Crippen LogP contribution in [0.4, 0.5) is 19.1 Å². The SMILES string of the molecule is CNc1nc(Oc2ccccc2Cl)n(CC(F)(F)F)n1. The van der Waals surface area contributed by atoms with Gasteiger partial charge < -0.3 is 10.1 Å². The van der Waals surface area contributed by atoms with Crippen LogP contribution in [0.15, 0.2) is 24.3 Å². The van der Waals surface area contributed by atoms with E-state index < -0.39 is 12.7 Å².